The summed E-state index contributed by atoms with van der Waals surface area (Å²) in [6.45, 7) is 4.74. The maximum atomic E-state index is 12.7. The van der Waals surface area contributed by atoms with Crippen LogP contribution in [-0.2, 0) is 6.42 Å². The van der Waals surface area contributed by atoms with Crippen LogP contribution in [0.4, 0.5) is 5.69 Å². The van der Waals surface area contributed by atoms with Crippen LogP contribution in [0.2, 0.25) is 5.02 Å². The van der Waals surface area contributed by atoms with Crippen LogP contribution in [0, 0.1) is 0 Å². The summed E-state index contributed by atoms with van der Waals surface area (Å²) >= 11 is 6.41. The maximum absolute atomic E-state index is 12.7. The average molecular weight is 435 g/mol. The molecule has 0 aliphatic rings. The number of aromatic nitrogens is 1. The third-order valence-corrected chi connectivity index (χ3v) is 5.21. The second-order valence-corrected chi connectivity index (χ2v) is 7.61. The number of carbonyl (C=O) groups excluding carboxylic acids is 1. The van der Waals surface area contributed by atoms with Crippen molar-refractivity contribution < 1.29 is 13.9 Å². The van der Waals surface area contributed by atoms with Gasteiger partial charge in [-0.25, -0.2) is 4.98 Å². The van der Waals surface area contributed by atoms with E-state index in [1.54, 1.807) is 36.4 Å². The molecule has 0 radical (unpaired) electrons. The number of rotatable bonds is 7. The zero-order valence-corrected chi connectivity index (χ0v) is 18.2. The number of halogens is 1. The summed E-state index contributed by atoms with van der Waals surface area (Å²) in [7, 11) is 0. The van der Waals surface area contributed by atoms with E-state index in [1.807, 2.05) is 31.2 Å². The van der Waals surface area contributed by atoms with Crippen molar-refractivity contribution >= 4 is 34.3 Å². The molecule has 0 fully saturated rings. The molecular weight excluding hydrogens is 412 g/mol. The topological polar surface area (TPSA) is 64.4 Å². The number of carbonyl (C=O) groups is 1. The van der Waals surface area contributed by atoms with Gasteiger partial charge in [-0.1, -0.05) is 37.6 Å². The lowest BCUT2D eigenvalue weighted by Crippen LogP contribution is -2.12. The highest BCUT2D eigenvalue weighted by Crippen LogP contribution is 2.32. The zero-order valence-electron chi connectivity index (χ0n) is 17.4. The molecule has 0 saturated carbocycles. The van der Waals surface area contributed by atoms with Crippen molar-refractivity contribution in [2.45, 2.75) is 26.7 Å². The van der Waals surface area contributed by atoms with Gasteiger partial charge in [0.25, 0.3) is 5.91 Å². The number of hydrogen-bond acceptors (Lipinski definition) is 4. The lowest BCUT2D eigenvalue weighted by Gasteiger charge is -2.09. The Morgan fingerprint density at radius 2 is 1.97 bits per heavy atom. The third kappa shape index (κ3) is 4.72. The standard InChI is InChI=1S/C25H23ClN2O3/c1-3-12-30-19-7-5-6-17(14-19)24(29)27-18-9-10-21(26)20(15-18)25-28-22-13-16(4-2)8-11-23(22)31-25/h5-11,13-15H,3-4,12H2,1-2H3,(H,27,29). The minimum absolute atomic E-state index is 0.236. The van der Waals surface area contributed by atoms with Crippen LogP contribution in [0.15, 0.2) is 65.1 Å². The van der Waals surface area contributed by atoms with Crippen molar-refractivity contribution in [1.29, 1.82) is 0 Å². The van der Waals surface area contributed by atoms with Gasteiger partial charge in [0, 0.05) is 11.3 Å². The van der Waals surface area contributed by atoms with Crippen LogP contribution in [0.5, 0.6) is 5.75 Å². The molecule has 31 heavy (non-hydrogen) atoms. The fraction of sp³-hybridized carbons (Fsp3) is 0.200. The van der Waals surface area contributed by atoms with Crippen molar-refractivity contribution in [3.05, 3.63) is 76.8 Å². The number of hydrogen-bond donors (Lipinski definition) is 1. The molecule has 1 amide bonds. The van der Waals surface area contributed by atoms with Crippen molar-refractivity contribution in [3.63, 3.8) is 0 Å². The van der Waals surface area contributed by atoms with E-state index in [4.69, 9.17) is 20.8 Å². The van der Waals surface area contributed by atoms with E-state index >= 15 is 0 Å². The number of amides is 1. The Labute approximate surface area is 186 Å². The van der Waals surface area contributed by atoms with E-state index in [1.165, 1.54) is 5.56 Å². The number of oxazole rings is 1. The summed E-state index contributed by atoms with van der Waals surface area (Å²) in [6.07, 6.45) is 1.82. The molecule has 0 aliphatic carbocycles. The molecule has 3 aromatic carbocycles. The van der Waals surface area contributed by atoms with Gasteiger partial charge in [0.15, 0.2) is 5.58 Å². The molecule has 6 heteroatoms. The third-order valence-electron chi connectivity index (χ3n) is 4.88. The van der Waals surface area contributed by atoms with Crippen molar-refractivity contribution in [1.82, 2.24) is 4.98 Å². The number of benzene rings is 3. The van der Waals surface area contributed by atoms with Gasteiger partial charge in [-0.05, 0) is 66.9 Å². The van der Waals surface area contributed by atoms with Gasteiger partial charge in [0.05, 0.1) is 17.2 Å². The predicted molar refractivity (Wildman–Crippen MR) is 124 cm³/mol. The number of nitrogens with zero attached hydrogens (tertiary/aromatic N) is 1. The van der Waals surface area contributed by atoms with E-state index in [0.29, 0.717) is 45.7 Å². The molecule has 4 aromatic rings. The first-order valence-electron chi connectivity index (χ1n) is 10.3. The molecule has 4 rings (SSSR count). The normalized spacial score (nSPS) is 10.9. The first kappa shape index (κ1) is 20.9. The van der Waals surface area contributed by atoms with Crippen molar-refractivity contribution in [2.24, 2.45) is 0 Å². The summed E-state index contributed by atoms with van der Waals surface area (Å²) in [5.41, 5.74) is 4.39. The highest BCUT2D eigenvalue weighted by molar-refractivity contribution is 6.33. The minimum Gasteiger partial charge on any atom is -0.494 e. The monoisotopic (exact) mass is 434 g/mol. The van der Waals surface area contributed by atoms with Gasteiger partial charge in [-0.2, -0.15) is 0 Å². The Morgan fingerprint density at radius 1 is 1.10 bits per heavy atom. The van der Waals surface area contributed by atoms with Crippen molar-refractivity contribution in [2.75, 3.05) is 11.9 Å². The largest absolute Gasteiger partial charge is 0.494 e. The Morgan fingerprint density at radius 3 is 2.77 bits per heavy atom. The van der Waals surface area contributed by atoms with Crippen LogP contribution in [0.3, 0.4) is 0 Å². The van der Waals surface area contributed by atoms with E-state index in [2.05, 4.69) is 17.2 Å². The summed E-state index contributed by atoms with van der Waals surface area (Å²) in [5.74, 6) is 0.851. The summed E-state index contributed by atoms with van der Waals surface area (Å²) in [6, 6.07) is 18.3. The Hall–Kier alpha value is -3.31. The molecule has 0 atom stereocenters. The van der Waals surface area contributed by atoms with Crippen LogP contribution >= 0.6 is 11.6 Å². The second-order valence-electron chi connectivity index (χ2n) is 7.20. The first-order valence-corrected chi connectivity index (χ1v) is 10.7. The smallest absolute Gasteiger partial charge is 0.255 e. The van der Waals surface area contributed by atoms with Gasteiger partial charge < -0.3 is 14.5 Å². The Kier molecular flexibility index (Phi) is 6.23. The SMILES string of the molecule is CCCOc1cccc(C(=O)Nc2ccc(Cl)c(-c3nc4cc(CC)ccc4o3)c2)c1. The van der Waals surface area contributed by atoms with Crippen LogP contribution < -0.4 is 10.1 Å². The highest BCUT2D eigenvalue weighted by Gasteiger charge is 2.14. The van der Waals surface area contributed by atoms with E-state index in [0.717, 1.165) is 18.4 Å². The molecule has 0 unspecified atom stereocenters. The molecule has 0 bridgehead atoms. The average Bonchev–Trinajstić information content (AvgIpc) is 3.22. The second kappa shape index (κ2) is 9.23. The van der Waals surface area contributed by atoms with Gasteiger partial charge >= 0.3 is 0 Å². The molecule has 0 saturated heterocycles. The number of fused-ring (bicyclic) bond motifs is 1. The zero-order chi connectivity index (χ0) is 21.8. The Balaban J connectivity index is 1.59. The molecule has 1 aromatic heterocycles. The maximum Gasteiger partial charge on any atom is 0.255 e. The van der Waals surface area contributed by atoms with E-state index < -0.39 is 0 Å². The molecule has 0 spiro atoms. The number of ether oxygens (including phenoxy) is 1. The van der Waals surface area contributed by atoms with Gasteiger partial charge in [-0.15, -0.1) is 0 Å². The molecule has 1 N–H and O–H groups in total. The van der Waals surface area contributed by atoms with Gasteiger partial charge in [0.2, 0.25) is 5.89 Å². The molecule has 0 aliphatic heterocycles. The van der Waals surface area contributed by atoms with Gasteiger partial charge in [0.1, 0.15) is 11.3 Å². The molecule has 158 valence electrons. The fourth-order valence-corrected chi connectivity index (χ4v) is 3.42. The number of aryl methyl sites for hydroxylation is 1. The summed E-state index contributed by atoms with van der Waals surface area (Å²) in [4.78, 5) is 17.3. The summed E-state index contributed by atoms with van der Waals surface area (Å²) in [5, 5.41) is 3.40. The van der Waals surface area contributed by atoms with Gasteiger partial charge in [-0.3, -0.25) is 4.79 Å². The van der Waals surface area contributed by atoms with E-state index in [-0.39, 0.29) is 5.91 Å². The molecular formula is C25H23ClN2O3. The number of nitrogens with one attached hydrogen (secondary N) is 1. The van der Waals surface area contributed by atoms with Crippen molar-refractivity contribution in [3.8, 4) is 17.2 Å². The van der Waals surface area contributed by atoms with E-state index in [9.17, 15) is 4.79 Å². The molecule has 5 nitrogen and oxygen atoms in total. The predicted octanol–water partition coefficient (Wildman–Crippen LogP) is 6.75. The summed E-state index contributed by atoms with van der Waals surface area (Å²) < 4.78 is 11.5. The fourth-order valence-electron chi connectivity index (χ4n) is 3.23. The van der Waals surface area contributed by atoms with Crippen LogP contribution in [-0.4, -0.2) is 17.5 Å². The Bertz CT molecular complexity index is 1230. The highest BCUT2D eigenvalue weighted by atomic mass is 35.5. The number of anilines is 1. The van der Waals surface area contributed by atoms with Crippen LogP contribution in [0.1, 0.15) is 36.2 Å². The quantitative estimate of drug-likeness (QED) is 0.349. The lowest BCUT2D eigenvalue weighted by atomic mass is 10.1. The van der Waals surface area contributed by atoms with Crippen LogP contribution in [0.25, 0.3) is 22.6 Å². The first-order chi connectivity index (χ1) is 15.1. The minimum atomic E-state index is -0.236. The molecule has 1 heterocycles. The lowest BCUT2D eigenvalue weighted by molar-refractivity contribution is 0.102.